The van der Waals surface area contributed by atoms with E-state index < -0.39 is 0 Å². The lowest BCUT2D eigenvalue weighted by Crippen LogP contribution is -1.90. The summed E-state index contributed by atoms with van der Waals surface area (Å²) in [5.74, 6) is 0. The second kappa shape index (κ2) is 3.31. The van der Waals surface area contributed by atoms with Crippen molar-refractivity contribution in [2.75, 3.05) is 0 Å². The largest absolute Gasteiger partial charge is 0.275 e. The van der Waals surface area contributed by atoms with Crippen LogP contribution < -0.4 is 0 Å². The first-order chi connectivity index (χ1) is 7.74. The number of hydrogen-bond acceptors (Lipinski definition) is 3. The Morgan fingerprint density at radius 2 is 2.25 bits per heavy atom. The molecule has 5 nitrogen and oxygen atoms in total. The monoisotopic (exact) mass is 233 g/mol. The van der Waals surface area contributed by atoms with Gasteiger partial charge in [-0.05, 0) is 6.07 Å². The Balaban J connectivity index is 2.22. The Morgan fingerprint density at radius 1 is 1.38 bits per heavy atom. The molecule has 6 heteroatoms. The van der Waals surface area contributed by atoms with Gasteiger partial charge in [-0.15, -0.1) is 0 Å². The predicted octanol–water partition coefficient (Wildman–Crippen LogP) is 1.78. The van der Waals surface area contributed by atoms with Gasteiger partial charge in [0.25, 0.3) is 0 Å². The van der Waals surface area contributed by atoms with Crippen molar-refractivity contribution in [2.45, 2.75) is 0 Å². The molecular formula is C10H8ClN5. The molecule has 0 aromatic carbocycles. The van der Waals surface area contributed by atoms with E-state index in [1.165, 1.54) is 0 Å². The minimum absolute atomic E-state index is 0.542. The van der Waals surface area contributed by atoms with E-state index in [4.69, 9.17) is 11.6 Å². The van der Waals surface area contributed by atoms with E-state index in [1.54, 1.807) is 27.7 Å². The Hall–Kier alpha value is -1.88. The quantitative estimate of drug-likeness (QED) is 0.602. The molecule has 3 heterocycles. The molecule has 0 radical (unpaired) electrons. The fourth-order valence-corrected chi connectivity index (χ4v) is 1.74. The molecule has 0 bridgehead atoms. The first kappa shape index (κ1) is 9.35. The van der Waals surface area contributed by atoms with Crippen molar-refractivity contribution in [3.8, 4) is 11.3 Å². The molecule has 3 aromatic heterocycles. The zero-order chi connectivity index (χ0) is 11.1. The number of rotatable bonds is 1. The van der Waals surface area contributed by atoms with Crippen LogP contribution in [0.4, 0.5) is 0 Å². The Bertz CT molecular complexity index is 654. The standard InChI is InChI=1S/C10H8ClN5/c1-15-6-7(5-13-15)8-4-10-12-3-2-9(11)16(10)14-8/h2-6H,1H3. The summed E-state index contributed by atoms with van der Waals surface area (Å²) in [6.07, 6.45) is 5.32. The van der Waals surface area contributed by atoms with Crippen LogP contribution >= 0.6 is 11.6 Å². The molecule has 0 amide bonds. The van der Waals surface area contributed by atoms with Crippen LogP contribution in [0.5, 0.6) is 0 Å². The lowest BCUT2D eigenvalue weighted by Gasteiger charge is -1.92. The topological polar surface area (TPSA) is 48.0 Å². The fourth-order valence-electron chi connectivity index (χ4n) is 1.56. The van der Waals surface area contributed by atoms with Crippen molar-refractivity contribution in [3.63, 3.8) is 0 Å². The summed E-state index contributed by atoms with van der Waals surface area (Å²) in [5, 5.41) is 9.01. The van der Waals surface area contributed by atoms with Crippen molar-refractivity contribution >= 4 is 17.2 Å². The van der Waals surface area contributed by atoms with E-state index in [0.717, 1.165) is 16.9 Å². The highest BCUT2D eigenvalue weighted by Crippen LogP contribution is 2.19. The van der Waals surface area contributed by atoms with Crippen LogP contribution in [0.25, 0.3) is 16.9 Å². The average molecular weight is 234 g/mol. The number of halogens is 1. The first-order valence-corrected chi connectivity index (χ1v) is 5.11. The van der Waals surface area contributed by atoms with E-state index in [0.29, 0.717) is 5.15 Å². The third-order valence-electron chi connectivity index (χ3n) is 2.31. The Morgan fingerprint density at radius 3 is 2.94 bits per heavy atom. The van der Waals surface area contributed by atoms with Crippen LogP contribution in [0.1, 0.15) is 0 Å². The van der Waals surface area contributed by atoms with Crippen LogP contribution in [0, 0.1) is 0 Å². The van der Waals surface area contributed by atoms with Gasteiger partial charge in [-0.25, -0.2) is 9.50 Å². The zero-order valence-corrected chi connectivity index (χ0v) is 9.26. The second-order valence-corrected chi connectivity index (χ2v) is 3.86. The summed E-state index contributed by atoms with van der Waals surface area (Å²) in [5.41, 5.74) is 2.49. The average Bonchev–Trinajstić information content (AvgIpc) is 2.84. The maximum absolute atomic E-state index is 6.00. The van der Waals surface area contributed by atoms with Crippen LogP contribution in [0.2, 0.25) is 5.15 Å². The van der Waals surface area contributed by atoms with E-state index in [1.807, 2.05) is 19.3 Å². The summed E-state index contributed by atoms with van der Waals surface area (Å²) >= 11 is 6.00. The van der Waals surface area contributed by atoms with Crippen LogP contribution in [-0.2, 0) is 7.05 Å². The van der Waals surface area contributed by atoms with Gasteiger partial charge in [0.1, 0.15) is 5.15 Å². The maximum atomic E-state index is 6.00. The summed E-state index contributed by atoms with van der Waals surface area (Å²) in [6, 6.07) is 3.58. The van der Waals surface area contributed by atoms with Crippen molar-refractivity contribution in [1.29, 1.82) is 0 Å². The molecule has 0 unspecified atom stereocenters. The second-order valence-electron chi connectivity index (χ2n) is 3.47. The van der Waals surface area contributed by atoms with Gasteiger partial charge in [0, 0.05) is 31.1 Å². The lowest BCUT2D eigenvalue weighted by atomic mass is 10.3. The van der Waals surface area contributed by atoms with Gasteiger partial charge in [0.15, 0.2) is 5.65 Å². The third-order valence-corrected chi connectivity index (χ3v) is 2.60. The number of aryl methyl sites for hydroxylation is 1. The summed E-state index contributed by atoms with van der Waals surface area (Å²) in [4.78, 5) is 4.18. The van der Waals surface area contributed by atoms with E-state index in [-0.39, 0.29) is 0 Å². The lowest BCUT2D eigenvalue weighted by molar-refractivity contribution is 0.768. The zero-order valence-electron chi connectivity index (χ0n) is 8.50. The minimum Gasteiger partial charge on any atom is -0.275 e. The molecule has 0 saturated heterocycles. The van der Waals surface area contributed by atoms with E-state index in [2.05, 4.69) is 15.2 Å². The summed E-state index contributed by atoms with van der Waals surface area (Å²) in [6.45, 7) is 0. The van der Waals surface area contributed by atoms with Crippen molar-refractivity contribution in [3.05, 3.63) is 35.9 Å². The number of aromatic nitrogens is 5. The molecule has 0 aliphatic heterocycles. The summed E-state index contributed by atoms with van der Waals surface area (Å²) in [7, 11) is 1.87. The van der Waals surface area contributed by atoms with Crippen molar-refractivity contribution < 1.29 is 0 Å². The van der Waals surface area contributed by atoms with Gasteiger partial charge in [0.05, 0.1) is 11.9 Å². The maximum Gasteiger partial charge on any atom is 0.157 e. The normalized spacial score (nSPS) is 11.1. The molecule has 0 aliphatic carbocycles. The van der Waals surface area contributed by atoms with Crippen molar-refractivity contribution in [1.82, 2.24) is 24.4 Å². The molecule has 0 spiro atoms. The van der Waals surface area contributed by atoms with E-state index in [9.17, 15) is 0 Å². The highest BCUT2D eigenvalue weighted by Gasteiger charge is 2.08. The molecule has 0 atom stereocenters. The molecule has 80 valence electrons. The highest BCUT2D eigenvalue weighted by molar-refractivity contribution is 6.29. The molecule has 3 rings (SSSR count). The van der Waals surface area contributed by atoms with Gasteiger partial charge < -0.3 is 0 Å². The van der Waals surface area contributed by atoms with Crippen molar-refractivity contribution in [2.24, 2.45) is 7.05 Å². The third kappa shape index (κ3) is 1.37. The number of fused-ring (bicyclic) bond motifs is 1. The Labute approximate surface area is 96.3 Å². The summed E-state index contributed by atoms with van der Waals surface area (Å²) < 4.78 is 3.33. The van der Waals surface area contributed by atoms with Gasteiger partial charge in [-0.1, -0.05) is 11.6 Å². The predicted molar refractivity (Wildman–Crippen MR) is 60.2 cm³/mol. The Kier molecular flexibility index (Phi) is 1.94. The highest BCUT2D eigenvalue weighted by atomic mass is 35.5. The molecule has 0 aliphatic rings. The van der Waals surface area contributed by atoms with Crippen LogP contribution in [0.15, 0.2) is 30.7 Å². The smallest absolute Gasteiger partial charge is 0.157 e. The number of hydrogen-bond donors (Lipinski definition) is 0. The van der Waals surface area contributed by atoms with Gasteiger partial charge in [-0.2, -0.15) is 10.2 Å². The molecule has 16 heavy (non-hydrogen) atoms. The SMILES string of the molecule is Cn1cc(-c2cc3nccc(Cl)n3n2)cn1. The molecule has 0 N–H and O–H groups in total. The van der Waals surface area contributed by atoms with Crippen LogP contribution in [-0.4, -0.2) is 24.4 Å². The number of nitrogens with zero attached hydrogens (tertiary/aromatic N) is 5. The molecule has 0 fully saturated rings. The fraction of sp³-hybridized carbons (Fsp3) is 0.100. The molecular weight excluding hydrogens is 226 g/mol. The minimum atomic E-state index is 0.542. The van der Waals surface area contributed by atoms with E-state index >= 15 is 0 Å². The molecule has 3 aromatic rings. The molecule has 0 saturated carbocycles. The van der Waals surface area contributed by atoms with Gasteiger partial charge in [0.2, 0.25) is 0 Å². The van der Waals surface area contributed by atoms with Gasteiger partial charge in [-0.3, -0.25) is 4.68 Å². The first-order valence-electron chi connectivity index (χ1n) is 4.73. The van der Waals surface area contributed by atoms with Gasteiger partial charge >= 0.3 is 0 Å². The van der Waals surface area contributed by atoms with Crippen LogP contribution in [0.3, 0.4) is 0 Å².